The van der Waals surface area contributed by atoms with Gasteiger partial charge >= 0.3 is 0 Å². The lowest BCUT2D eigenvalue weighted by atomic mass is 10.2. The first-order valence-electron chi connectivity index (χ1n) is 4.56. The zero-order valence-corrected chi connectivity index (χ0v) is 10.8. The van der Waals surface area contributed by atoms with E-state index in [9.17, 15) is 0 Å². The monoisotopic (exact) mass is 273 g/mol. The van der Waals surface area contributed by atoms with Crippen LogP contribution in [0.2, 0.25) is 0 Å². The van der Waals surface area contributed by atoms with Gasteiger partial charge in [-0.3, -0.25) is 0 Å². The molecule has 0 aliphatic rings. The average molecular weight is 274 g/mol. The zero-order chi connectivity index (χ0) is 11.7. The van der Waals surface area contributed by atoms with Crippen LogP contribution < -0.4 is 5.73 Å². The second-order valence-corrected chi connectivity index (χ2v) is 5.36. The third-order valence-electron chi connectivity index (χ3n) is 2.06. The number of aromatic nitrogens is 1. The van der Waals surface area contributed by atoms with Gasteiger partial charge in [-0.25, -0.2) is 9.98 Å². The van der Waals surface area contributed by atoms with Crippen molar-refractivity contribution in [3.05, 3.63) is 23.8 Å². The Labute approximate surface area is 107 Å². The first kappa shape index (κ1) is 11.6. The van der Waals surface area contributed by atoms with E-state index in [1.165, 1.54) is 11.3 Å². The minimum absolute atomic E-state index is 0.167. The first-order valence-corrected chi connectivity index (χ1v) is 6.25. The molecule has 0 radical (unpaired) electrons. The first-order chi connectivity index (χ1) is 7.58. The van der Waals surface area contributed by atoms with E-state index in [1.54, 1.807) is 0 Å². The number of aliphatic imine (C=N–C) groups is 1. The van der Waals surface area contributed by atoms with Gasteiger partial charge < -0.3 is 5.73 Å². The highest BCUT2D eigenvalue weighted by Crippen LogP contribution is 2.30. The lowest BCUT2D eigenvalue weighted by Crippen LogP contribution is -2.18. The highest BCUT2D eigenvalue weighted by molar-refractivity contribution is 7.22. The third-order valence-corrected chi connectivity index (χ3v) is 3.42. The van der Waals surface area contributed by atoms with E-state index in [1.807, 2.05) is 25.1 Å². The van der Waals surface area contributed by atoms with E-state index < -0.39 is 4.84 Å². The molecule has 1 aromatic carbocycles. The number of rotatable bonds is 2. The summed E-state index contributed by atoms with van der Waals surface area (Å²) in [5, 5.41) is 0.577. The summed E-state index contributed by atoms with van der Waals surface area (Å²) in [7, 11) is 0. The van der Waals surface area contributed by atoms with Crippen molar-refractivity contribution in [2.24, 2.45) is 10.7 Å². The molecule has 0 bridgehead atoms. The van der Waals surface area contributed by atoms with E-state index in [-0.39, 0.29) is 5.84 Å². The van der Waals surface area contributed by atoms with Crippen molar-refractivity contribution in [1.29, 1.82) is 0 Å². The van der Waals surface area contributed by atoms with Gasteiger partial charge in [-0.15, -0.1) is 0 Å². The normalized spacial score (nSPS) is 12.6. The Bertz CT molecular complexity index is 548. The Hall–Kier alpha value is -0.840. The van der Waals surface area contributed by atoms with Crippen LogP contribution in [0.25, 0.3) is 10.2 Å². The maximum atomic E-state index is 5.59. The highest BCUT2D eigenvalue weighted by Gasteiger charge is 2.08. The summed E-state index contributed by atoms with van der Waals surface area (Å²) in [6.45, 7) is 2.00. The highest BCUT2D eigenvalue weighted by atomic mass is 35.5. The number of hydrogen-bond acceptors (Lipinski definition) is 3. The molecule has 0 spiro atoms. The topological polar surface area (TPSA) is 51.3 Å². The number of aryl methyl sites for hydroxylation is 1. The Morgan fingerprint density at radius 2 is 2.25 bits per heavy atom. The van der Waals surface area contributed by atoms with Crippen LogP contribution in [0.1, 0.15) is 5.56 Å². The molecule has 0 amide bonds. The van der Waals surface area contributed by atoms with Crippen LogP contribution >= 0.6 is 34.5 Å². The van der Waals surface area contributed by atoms with Crippen LogP contribution in [0.15, 0.2) is 23.2 Å². The van der Waals surface area contributed by atoms with Crippen LogP contribution in [0.3, 0.4) is 0 Å². The molecular formula is C10H9Cl2N3S. The molecule has 0 saturated carbocycles. The van der Waals surface area contributed by atoms with E-state index in [0.29, 0.717) is 5.13 Å². The van der Waals surface area contributed by atoms with Crippen molar-refractivity contribution in [1.82, 2.24) is 4.98 Å². The van der Waals surface area contributed by atoms with Crippen LogP contribution in [0.4, 0.5) is 5.13 Å². The molecule has 0 unspecified atom stereocenters. The van der Waals surface area contributed by atoms with Crippen LogP contribution in [-0.4, -0.2) is 15.7 Å². The SMILES string of the molecule is Cc1cccc2sc(/N=C(\N)C(Cl)Cl)nc12. The lowest BCUT2D eigenvalue weighted by Gasteiger charge is -1.96. The molecule has 2 aromatic rings. The Kier molecular flexibility index (Phi) is 3.33. The minimum atomic E-state index is -0.798. The number of benzene rings is 1. The maximum Gasteiger partial charge on any atom is 0.212 e. The van der Waals surface area contributed by atoms with Gasteiger partial charge in [-0.1, -0.05) is 46.7 Å². The van der Waals surface area contributed by atoms with Gasteiger partial charge in [-0.05, 0) is 18.6 Å². The van der Waals surface area contributed by atoms with Crippen molar-refractivity contribution in [3.8, 4) is 0 Å². The molecule has 0 saturated heterocycles. The quantitative estimate of drug-likeness (QED) is 0.518. The molecule has 0 atom stereocenters. The van der Waals surface area contributed by atoms with Crippen molar-refractivity contribution in [3.63, 3.8) is 0 Å². The third kappa shape index (κ3) is 2.29. The summed E-state index contributed by atoms with van der Waals surface area (Å²) >= 11 is 12.7. The molecule has 6 heteroatoms. The molecule has 2 N–H and O–H groups in total. The van der Waals surface area contributed by atoms with Crippen molar-refractivity contribution >= 4 is 55.7 Å². The molecule has 16 heavy (non-hydrogen) atoms. The molecule has 0 fully saturated rings. The fraction of sp³-hybridized carbons (Fsp3) is 0.200. The van der Waals surface area contributed by atoms with Crippen molar-refractivity contribution in [2.75, 3.05) is 0 Å². The Balaban J connectivity index is 2.48. The number of para-hydroxylation sites is 1. The maximum absolute atomic E-state index is 5.59. The van der Waals surface area contributed by atoms with Crippen LogP contribution in [0.5, 0.6) is 0 Å². The summed E-state index contributed by atoms with van der Waals surface area (Å²) in [5.74, 6) is 0.167. The fourth-order valence-electron chi connectivity index (χ4n) is 1.28. The number of thiazole rings is 1. The summed E-state index contributed by atoms with van der Waals surface area (Å²) in [6.07, 6.45) is 0. The fourth-order valence-corrected chi connectivity index (χ4v) is 2.31. The van der Waals surface area contributed by atoms with Gasteiger partial charge in [0.15, 0.2) is 4.84 Å². The Morgan fingerprint density at radius 3 is 2.88 bits per heavy atom. The minimum Gasteiger partial charge on any atom is -0.385 e. The number of hydrogen-bond donors (Lipinski definition) is 1. The van der Waals surface area contributed by atoms with Gasteiger partial charge in [0.05, 0.1) is 10.2 Å². The zero-order valence-electron chi connectivity index (χ0n) is 8.45. The van der Waals surface area contributed by atoms with Gasteiger partial charge in [0, 0.05) is 0 Å². The number of fused-ring (bicyclic) bond motifs is 1. The smallest absolute Gasteiger partial charge is 0.212 e. The summed E-state index contributed by atoms with van der Waals surface area (Å²) in [4.78, 5) is 7.65. The Morgan fingerprint density at radius 1 is 1.50 bits per heavy atom. The number of halogens is 2. The summed E-state index contributed by atoms with van der Waals surface area (Å²) in [6, 6.07) is 5.98. The molecule has 84 valence electrons. The van der Waals surface area contributed by atoms with Crippen molar-refractivity contribution < 1.29 is 0 Å². The number of nitrogens with zero attached hydrogens (tertiary/aromatic N) is 2. The predicted molar refractivity (Wildman–Crippen MR) is 71.1 cm³/mol. The average Bonchev–Trinajstić information content (AvgIpc) is 2.61. The molecule has 1 aromatic heterocycles. The van der Waals surface area contributed by atoms with E-state index in [4.69, 9.17) is 28.9 Å². The van der Waals surface area contributed by atoms with Gasteiger partial charge in [-0.2, -0.15) is 0 Å². The summed E-state index contributed by atoms with van der Waals surface area (Å²) < 4.78 is 1.08. The van der Waals surface area contributed by atoms with Crippen LogP contribution in [0, 0.1) is 6.92 Å². The second kappa shape index (κ2) is 4.57. The molecule has 0 aliphatic carbocycles. The standard InChI is InChI=1S/C10H9Cl2N3S/c1-5-3-2-4-6-7(5)14-10(16-6)15-9(13)8(11)12/h2-4,8H,1H3,(H2,13,14,15). The van der Waals surface area contributed by atoms with E-state index in [0.717, 1.165) is 15.8 Å². The van der Waals surface area contributed by atoms with Crippen molar-refractivity contribution in [2.45, 2.75) is 11.8 Å². The molecule has 0 aliphatic heterocycles. The number of nitrogens with two attached hydrogens (primary N) is 1. The van der Waals surface area contributed by atoms with E-state index >= 15 is 0 Å². The second-order valence-electron chi connectivity index (χ2n) is 3.26. The van der Waals surface area contributed by atoms with E-state index in [2.05, 4.69) is 9.98 Å². The van der Waals surface area contributed by atoms with Gasteiger partial charge in [0.1, 0.15) is 5.84 Å². The van der Waals surface area contributed by atoms with Gasteiger partial charge in [0.25, 0.3) is 0 Å². The van der Waals surface area contributed by atoms with Crippen LogP contribution in [-0.2, 0) is 0 Å². The van der Waals surface area contributed by atoms with Gasteiger partial charge in [0.2, 0.25) is 5.13 Å². The summed E-state index contributed by atoms with van der Waals surface area (Å²) in [5.41, 5.74) is 7.62. The number of amidine groups is 1. The molecular weight excluding hydrogens is 265 g/mol. The molecule has 2 rings (SSSR count). The molecule has 3 nitrogen and oxygen atoms in total. The largest absolute Gasteiger partial charge is 0.385 e. The number of alkyl halides is 2. The lowest BCUT2D eigenvalue weighted by molar-refractivity contribution is 1.35. The predicted octanol–water partition coefficient (Wildman–Crippen LogP) is 3.40. The molecule has 1 heterocycles.